The summed E-state index contributed by atoms with van der Waals surface area (Å²) in [5, 5.41) is 12.4. The second-order valence-corrected chi connectivity index (χ2v) is 4.20. The van der Waals surface area contributed by atoms with E-state index in [1.807, 2.05) is 0 Å². The van der Waals surface area contributed by atoms with Crippen molar-refractivity contribution in [2.24, 2.45) is 0 Å². The molecule has 1 amide bonds. The van der Waals surface area contributed by atoms with E-state index in [1.165, 1.54) is 24.4 Å². The van der Waals surface area contributed by atoms with Gasteiger partial charge in [-0.1, -0.05) is 12.1 Å². The number of halogens is 3. The number of esters is 1. The van der Waals surface area contributed by atoms with E-state index in [1.54, 1.807) is 0 Å². The molecule has 0 aliphatic heterocycles. The summed E-state index contributed by atoms with van der Waals surface area (Å²) in [6, 6.07) is 3.91. The number of para-hydroxylation sites is 1. The lowest BCUT2D eigenvalue weighted by molar-refractivity contribution is -0.385. The fourth-order valence-electron chi connectivity index (χ4n) is 1.52. The average Bonchev–Trinajstić information content (AvgIpc) is 2.41. The average molecular weight is 320 g/mol. The van der Waals surface area contributed by atoms with Gasteiger partial charge in [-0.2, -0.15) is 13.2 Å². The van der Waals surface area contributed by atoms with Crippen LogP contribution in [0.1, 0.15) is 15.9 Å². The van der Waals surface area contributed by atoms with E-state index in [0.29, 0.717) is 0 Å². The largest absolute Gasteiger partial charge is 0.452 e. The van der Waals surface area contributed by atoms with Crippen molar-refractivity contribution in [3.8, 4) is 0 Å². The van der Waals surface area contributed by atoms with E-state index < -0.39 is 41.8 Å². The summed E-state index contributed by atoms with van der Waals surface area (Å²) in [4.78, 5) is 32.9. The summed E-state index contributed by atoms with van der Waals surface area (Å²) >= 11 is 0. The Balaban J connectivity index is 2.69. The summed E-state index contributed by atoms with van der Waals surface area (Å²) < 4.78 is 40.1. The summed E-state index contributed by atoms with van der Waals surface area (Å²) in [6.07, 6.45) is -4.59. The molecule has 1 rings (SSSR count). The molecule has 0 bridgehead atoms. The van der Waals surface area contributed by atoms with Crippen LogP contribution in [0.15, 0.2) is 18.2 Å². The van der Waals surface area contributed by atoms with Crippen LogP contribution in [-0.2, 0) is 9.53 Å². The van der Waals surface area contributed by atoms with Crippen molar-refractivity contribution in [2.45, 2.75) is 13.1 Å². The first-order valence-electron chi connectivity index (χ1n) is 5.86. The number of ether oxygens (including phenoxy) is 1. The highest BCUT2D eigenvalue weighted by molar-refractivity contribution is 5.95. The van der Waals surface area contributed by atoms with Gasteiger partial charge < -0.3 is 10.1 Å². The lowest BCUT2D eigenvalue weighted by Gasteiger charge is -2.09. The molecule has 0 fully saturated rings. The second-order valence-electron chi connectivity index (χ2n) is 4.20. The van der Waals surface area contributed by atoms with Crippen LogP contribution in [0.4, 0.5) is 18.9 Å². The van der Waals surface area contributed by atoms with Crippen LogP contribution in [0.3, 0.4) is 0 Å². The molecule has 10 heteroatoms. The van der Waals surface area contributed by atoms with E-state index in [-0.39, 0.29) is 11.1 Å². The monoisotopic (exact) mass is 320 g/mol. The van der Waals surface area contributed by atoms with E-state index in [4.69, 9.17) is 0 Å². The van der Waals surface area contributed by atoms with Gasteiger partial charge in [-0.25, -0.2) is 4.79 Å². The first kappa shape index (κ1) is 17.4. The maximum atomic E-state index is 11.9. The quantitative estimate of drug-likeness (QED) is 0.506. The number of nitro groups is 1. The Bertz CT molecular complexity index is 601. The normalized spacial score (nSPS) is 10.9. The minimum absolute atomic E-state index is 0.209. The van der Waals surface area contributed by atoms with Gasteiger partial charge in [0.1, 0.15) is 12.1 Å². The maximum absolute atomic E-state index is 11.9. The number of hydrogen-bond acceptors (Lipinski definition) is 5. The Morgan fingerprint density at radius 2 is 2.00 bits per heavy atom. The van der Waals surface area contributed by atoms with Gasteiger partial charge in [0.2, 0.25) is 0 Å². The molecular formula is C12H11F3N2O5. The molecule has 0 heterocycles. The van der Waals surface area contributed by atoms with Crippen LogP contribution in [-0.4, -0.2) is 36.1 Å². The number of aryl methyl sites for hydroxylation is 1. The van der Waals surface area contributed by atoms with E-state index in [2.05, 4.69) is 4.74 Å². The molecule has 120 valence electrons. The predicted octanol–water partition coefficient (Wildman–Crippen LogP) is 1.74. The maximum Gasteiger partial charge on any atom is 0.405 e. The van der Waals surface area contributed by atoms with Crippen molar-refractivity contribution in [2.75, 3.05) is 13.2 Å². The van der Waals surface area contributed by atoms with Crippen LogP contribution in [0.2, 0.25) is 0 Å². The fourth-order valence-corrected chi connectivity index (χ4v) is 1.52. The molecule has 7 nitrogen and oxygen atoms in total. The first-order chi connectivity index (χ1) is 10.1. The van der Waals surface area contributed by atoms with Gasteiger partial charge in [-0.05, 0) is 13.0 Å². The third kappa shape index (κ3) is 5.04. The Kier molecular flexibility index (Phi) is 5.44. The van der Waals surface area contributed by atoms with Crippen molar-refractivity contribution in [1.82, 2.24) is 5.32 Å². The number of amides is 1. The standard InChI is InChI=1S/C12H11F3N2O5/c1-7-3-2-4-8(10(7)17(20)21)11(19)22-5-9(18)16-6-12(13,14)15/h2-4H,5-6H2,1H3,(H,16,18). The smallest absolute Gasteiger partial charge is 0.405 e. The molecule has 0 atom stereocenters. The van der Waals surface area contributed by atoms with E-state index >= 15 is 0 Å². The zero-order chi connectivity index (χ0) is 16.9. The number of carbonyl (C=O) groups is 2. The molecule has 0 saturated heterocycles. The highest BCUT2D eigenvalue weighted by Crippen LogP contribution is 2.23. The highest BCUT2D eigenvalue weighted by atomic mass is 19.4. The van der Waals surface area contributed by atoms with Gasteiger partial charge >= 0.3 is 12.1 Å². The molecule has 1 aromatic rings. The number of nitro benzene ring substituents is 1. The Labute approximate surface area is 122 Å². The summed E-state index contributed by atoms with van der Waals surface area (Å²) in [5.74, 6) is -2.33. The van der Waals surface area contributed by atoms with Gasteiger partial charge in [0.15, 0.2) is 6.61 Å². The number of nitrogens with zero attached hydrogens (tertiary/aromatic N) is 1. The summed E-state index contributed by atoms with van der Waals surface area (Å²) in [5.41, 5.74) is -0.655. The SMILES string of the molecule is Cc1cccc(C(=O)OCC(=O)NCC(F)(F)F)c1[N+](=O)[O-]. The van der Waals surface area contributed by atoms with E-state index in [9.17, 15) is 32.9 Å². The third-order valence-corrected chi connectivity index (χ3v) is 2.46. The number of rotatable bonds is 5. The van der Waals surface area contributed by atoms with Crippen LogP contribution < -0.4 is 5.32 Å². The van der Waals surface area contributed by atoms with Gasteiger partial charge in [0.25, 0.3) is 11.6 Å². The van der Waals surface area contributed by atoms with Crippen molar-refractivity contribution < 1.29 is 32.4 Å². The van der Waals surface area contributed by atoms with Crippen molar-refractivity contribution in [1.29, 1.82) is 0 Å². The fraction of sp³-hybridized carbons (Fsp3) is 0.333. The minimum Gasteiger partial charge on any atom is -0.452 e. The first-order valence-corrected chi connectivity index (χ1v) is 5.86. The summed E-state index contributed by atoms with van der Waals surface area (Å²) in [7, 11) is 0. The van der Waals surface area contributed by atoms with Crippen LogP contribution >= 0.6 is 0 Å². The molecule has 0 spiro atoms. The summed E-state index contributed by atoms with van der Waals surface area (Å²) in [6.45, 7) is -1.13. The molecule has 1 N–H and O–H groups in total. The lowest BCUT2D eigenvalue weighted by Crippen LogP contribution is -2.36. The van der Waals surface area contributed by atoms with Crippen molar-refractivity contribution in [3.63, 3.8) is 0 Å². The topological polar surface area (TPSA) is 98.5 Å². The molecule has 1 aromatic carbocycles. The molecule has 22 heavy (non-hydrogen) atoms. The van der Waals surface area contributed by atoms with Crippen LogP contribution in [0, 0.1) is 17.0 Å². The molecular weight excluding hydrogens is 309 g/mol. The number of nitrogens with one attached hydrogen (secondary N) is 1. The zero-order valence-corrected chi connectivity index (χ0v) is 11.3. The van der Waals surface area contributed by atoms with Crippen LogP contribution in [0.25, 0.3) is 0 Å². The third-order valence-electron chi connectivity index (χ3n) is 2.46. The molecule has 0 aliphatic carbocycles. The number of carbonyl (C=O) groups excluding carboxylic acids is 2. The van der Waals surface area contributed by atoms with Crippen molar-refractivity contribution in [3.05, 3.63) is 39.4 Å². The Hall–Kier alpha value is -2.65. The Morgan fingerprint density at radius 3 is 2.55 bits per heavy atom. The minimum atomic E-state index is -4.59. The van der Waals surface area contributed by atoms with Gasteiger partial charge in [0, 0.05) is 5.56 Å². The second kappa shape index (κ2) is 6.87. The number of hydrogen-bond donors (Lipinski definition) is 1. The van der Waals surface area contributed by atoms with E-state index in [0.717, 1.165) is 6.07 Å². The zero-order valence-electron chi connectivity index (χ0n) is 11.3. The predicted molar refractivity (Wildman–Crippen MR) is 67.2 cm³/mol. The van der Waals surface area contributed by atoms with Crippen molar-refractivity contribution >= 4 is 17.6 Å². The molecule has 0 saturated carbocycles. The Morgan fingerprint density at radius 1 is 1.36 bits per heavy atom. The van der Waals surface area contributed by atoms with Gasteiger partial charge in [-0.3, -0.25) is 14.9 Å². The van der Waals surface area contributed by atoms with Gasteiger partial charge in [-0.15, -0.1) is 0 Å². The van der Waals surface area contributed by atoms with Gasteiger partial charge in [0.05, 0.1) is 4.92 Å². The van der Waals surface area contributed by atoms with Crippen LogP contribution in [0.5, 0.6) is 0 Å². The number of benzene rings is 1. The molecule has 0 aliphatic rings. The lowest BCUT2D eigenvalue weighted by atomic mass is 10.1. The molecule has 0 radical (unpaired) electrons. The highest BCUT2D eigenvalue weighted by Gasteiger charge is 2.28. The number of alkyl halides is 3. The molecule has 0 aromatic heterocycles. The molecule has 0 unspecified atom stereocenters.